The molecule has 0 radical (unpaired) electrons. The number of ether oxygens (including phenoxy) is 2. The molecule has 0 saturated heterocycles. The van der Waals surface area contributed by atoms with E-state index in [-0.39, 0.29) is 41.7 Å². The van der Waals surface area contributed by atoms with Crippen LogP contribution in [0, 0.1) is 10.1 Å². The number of fused-ring (bicyclic) bond motifs is 1. The number of rotatable bonds is 4. The second-order valence-corrected chi connectivity index (χ2v) is 5.36. The predicted octanol–water partition coefficient (Wildman–Crippen LogP) is 2.82. The van der Waals surface area contributed by atoms with Crippen molar-refractivity contribution < 1.29 is 24.0 Å². The molecule has 1 N–H and O–H groups in total. The van der Waals surface area contributed by atoms with Crippen molar-refractivity contribution in [3.8, 4) is 11.5 Å². The van der Waals surface area contributed by atoms with Gasteiger partial charge in [-0.15, -0.1) is 0 Å². The van der Waals surface area contributed by atoms with E-state index in [0.29, 0.717) is 11.3 Å². The van der Waals surface area contributed by atoms with Crippen molar-refractivity contribution in [2.45, 2.75) is 6.92 Å². The first-order chi connectivity index (χ1) is 12.0. The second-order valence-electron chi connectivity index (χ2n) is 5.36. The van der Waals surface area contributed by atoms with Crippen molar-refractivity contribution in [2.75, 3.05) is 18.5 Å². The minimum absolute atomic E-state index is 0.0135. The van der Waals surface area contributed by atoms with E-state index in [1.807, 2.05) is 0 Å². The number of anilines is 1. The number of carbonyl (C=O) groups is 2. The van der Waals surface area contributed by atoms with Crippen molar-refractivity contribution in [2.24, 2.45) is 0 Å². The summed E-state index contributed by atoms with van der Waals surface area (Å²) in [5.74, 6) is -0.315. The van der Waals surface area contributed by atoms with Crippen LogP contribution in [0.25, 0.3) is 0 Å². The van der Waals surface area contributed by atoms with Gasteiger partial charge in [-0.2, -0.15) is 0 Å². The van der Waals surface area contributed by atoms with Gasteiger partial charge in [0, 0.05) is 17.3 Å². The van der Waals surface area contributed by atoms with Gasteiger partial charge in [0.15, 0.2) is 17.3 Å². The average Bonchev–Trinajstić information content (AvgIpc) is 2.61. The highest BCUT2D eigenvalue weighted by molar-refractivity contribution is 6.07. The molecule has 25 heavy (non-hydrogen) atoms. The molecule has 1 heterocycles. The molecule has 1 amide bonds. The Balaban J connectivity index is 1.92. The summed E-state index contributed by atoms with van der Waals surface area (Å²) in [7, 11) is 0. The summed E-state index contributed by atoms with van der Waals surface area (Å²) in [6, 6.07) is 8.70. The van der Waals surface area contributed by atoms with Crippen LogP contribution in [0.4, 0.5) is 11.4 Å². The minimum atomic E-state index is -0.601. The topological polar surface area (TPSA) is 108 Å². The van der Waals surface area contributed by atoms with Crippen LogP contribution in [0.2, 0.25) is 0 Å². The lowest BCUT2D eigenvalue weighted by Gasteiger charge is -2.20. The third-order valence-electron chi connectivity index (χ3n) is 3.63. The monoisotopic (exact) mass is 342 g/mol. The molecule has 0 unspecified atom stereocenters. The predicted molar refractivity (Wildman–Crippen MR) is 88.5 cm³/mol. The number of nitrogens with one attached hydrogen (secondary N) is 1. The number of non-ortho nitro benzene ring substituents is 1. The van der Waals surface area contributed by atoms with Crippen LogP contribution in [-0.2, 0) is 0 Å². The molecule has 128 valence electrons. The van der Waals surface area contributed by atoms with E-state index in [4.69, 9.17) is 9.47 Å². The van der Waals surface area contributed by atoms with Gasteiger partial charge >= 0.3 is 0 Å². The maximum absolute atomic E-state index is 12.5. The summed E-state index contributed by atoms with van der Waals surface area (Å²) in [6.07, 6.45) is 0. The van der Waals surface area contributed by atoms with Gasteiger partial charge in [-0.1, -0.05) is 0 Å². The first-order valence-corrected chi connectivity index (χ1v) is 7.46. The minimum Gasteiger partial charge on any atom is -0.486 e. The zero-order valence-electron chi connectivity index (χ0n) is 13.3. The van der Waals surface area contributed by atoms with Crippen LogP contribution in [0.1, 0.15) is 27.6 Å². The molecule has 0 aliphatic carbocycles. The van der Waals surface area contributed by atoms with E-state index in [1.54, 1.807) is 24.3 Å². The van der Waals surface area contributed by atoms with Crippen molar-refractivity contribution in [3.63, 3.8) is 0 Å². The molecule has 1 aliphatic rings. The number of nitro groups is 1. The lowest BCUT2D eigenvalue weighted by Crippen LogP contribution is -2.20. The van der Waals surface area contributed by atoms with Gasteiger partial charge in [0.1, 0.15) is 13.2 Å². The zero-order valence-corrected chi connectivity index (χ0v) is 13.3. The molecule has 0 saturated carbocycles. The Bertz CT molecular complexity index is 860. The number of hydrogen-bond acceptors (Lipinski definition) is 6. The van der Waals surface area contributed by atoms with Crippen molar-refractivity contribution in [3.05, 3.63) is 57.6 Å². The molecule has 0 atom stereocenters. The van der Waals surface area contributed by atoms with Gasteiger partial charge < -0.3 is 14.8 Å². The van der Waals surface area contributed by atoms with Gasteiger partial charge in [0.2, 0.25) is 0 Å². The number of amides is 1. The average molecular weight is 342 g/mol. The van der Waals surface area contributed by atoms with Crippen LogP contribution >= 0.6 is 0 Å². The molecule has 0 aromatic heterocycles. The van der Waals surface area contributed by atoms with Gasteiger partial charge in [-0.3, -0.25) is 19.7 Å². The number of hydrogen-bond donors (Lipinski definition) is 1. The van der Waals surface area contributed by atoms with Crippen molar-refractivity contribution in [1.82, 2.24) is 0 Å². The second kappa shape index (κ2) is 6.60. The van der Waals surface area contributed by atoms with Crippen LogP contribution < -0.4 is 14.8 Å². The molecule has 2 aromatic rings. The number of nitrogens with zero attached hydrogens (tertiary/aromatic N) is 1. The molecule has 2 aromatic carbocycles. The fourth-order valence-electron chi connectivity index (χ4n) is 2.40. The molecule has 8 nitrogen and oxygen atoms in total. The molecular formula is C17H14N2O6. The third-order valence-corrected chi connectivity index (χ3v) is 3.63. The van der Waals surface area contributed by atoms with E-state index in [9.17, 15) is 19.7 Å². The molecule has 0 spiro atoms. The molecule has 3 rings (SSSR count). The van der Waals surface area contributed by atoms with E-state index in [0.717, 1.165) is 6.07 Å². The summed E-state index contributed by atoms with van der Waals surface area (Å²) in [5.41, 5.74) is 0.718. The largest absolute Gasteiger partial charge is 0.486 e. The van der Waals surface area contributed by atoms with Crippen molar-refractivity contribution in [1.29, 1.82) is 0 Å². The van der Waals surface area contributed by atoms with Crippen LogP contribution in [0.3, 0.4) is 0 Å². The van der Waals surface area contributed by atoms with E-state index in [2.05, 4.69) is 5.32 Å². The summed E-state index contributed by atoms with van der Waals surface area (Å²) in [4.78, 5) is 34.3. The van der Waals surface area contributed by atoms with E-state index >= 15 is 0 Å². The first-order valence-electron chi connectivity index (χ1n) is 7.46. The molecule has 0 fully saturated rings. The number of benzene rings is 2. The normalized spacial score (nSPS) is 12.4. The quantitative estimate of drug-likeness (QED) is 0.520. The van der Waals surface area contributed by atoms with E-state index < -0.39 is 10.8 Å². The number of Topliss-reactive ketones (excluding diaryl/α,β-unsaturated/α-hetero) is 1. The third kappa shape index (κ3) is 3.42. The van der Waals surface area contributed by atoms with Crippen molar-refractivity contribution >= 4 is 23.1 Å². The van der Waals surface area contributed by atoms with Crippen LogP contribution in [0.5, 0.6) is 11.5 Å². The number of nitro benzene ring substituents is 1. The fourth-order valence-corrected chi connectivity index (χ4v) is 2.40. The molecule has 0 bridgehead atoms. The molecule has 8 heteroatoms. The maximum atomic E-state index is 12.5. The smallest absolute Gasteiger partial charge is 0.274 e. The molecular weight excluding hydrogens is 328 g/mol. The lowest BCUT2D eigenvalue weighted by atomic mass is 10.1. The van der Waals surface area contributed by atoms with Crippen LogP contribution in [0.15, 0.2) is 36.4 Å². The summed E-state index contributed by atoms with van der Waals surface area (Å²) in [5, 5.41) is 13.7. The van der Waals surface area contributed by atoms with Crippen LogP contribution in [-0.4, -0.2) is 29.8 Å². The Morgan fingerprint density at radius 2 is 1.80 bits per heavy atom. The van der Waals surface area contributed by atoms with Gasteiger partial charge in [-0.25, -0.2) is 0 Å². The Labute approximate surface area is 142 Å². The Morgan fingerprint density at radius 1 is 1.12 bits per heavy atom. The number of carbonyl (C=O) groups excluding carboxylic acids is 2. The summed E-state index contributed by atoms with van der Waals surface area (Å²) in [6.45, 7) is 1.94. The van der Waals surface area contributed by atoms with E-state index in [1.165, 1.54) is 13.0 Å². The highest BCUT2D eigenvalue weighted by Gasteiger charge is 2.25. The Kier molecular flexibility index (Phi) is 4.34. The highest BCUT2D eigenvalue weighted by atomic mass is 16.6. The summed E-state index contributed by atoms with van der Waals surface area (Å²) >= 11 is 0. The highest BCUT2D eigenvalue weighted by Crippen LogP contribution is 2.38. The fraction of sp³-hybridized carbons (Fsp3) is 0.176. The maximum Gasteiger partial charge on any atom is 0.274 e. The number of ketones is 1. The zero-order chi connectivity index (χ0) is 18.0. The standard InChI is InChI=1S/C17H14N2O6/c1-10(20)11-2-4-12(5-3-11)18-17(21)14-8-13(19(22)23)9-15-16(14)25-7-6-24-15/h2-5,8-9H,6-7H2,1H3,(H,18,21). The SMILES string of the molecule is CC(=O)c1ccc(NC(=O)c2cc([N+](=O)[O-])cc3c2OCCO3)cc1. The Morgan fingerprint density at radius 3 is 2.44 bits per heavy atom. The Hall–Kier alpha value is -3.42. The summed E-state index contributed by atoms with van der Waals surface area (Å²) < 4.78 is 10.8. The van der Waals surface area contributed by atoms with Gasteiger partial charge in [0.05, 0.1) is 16.6 Å². The molecule has 1 aliphatic heterocycles. The lowest BCUT2D eigenvalue weighted by molar-refractivity contribution is -0.385. The van der Waals surface area contributed by atoms with Gasteiger partial charge in [-0.05, 0) is 31.2 Å². The van der Waals surface area contributed by atoms with Gasteiger partial charge in [0.25, 0.3) is 11.6 Å². The first kappa shape index (κ1) is 16.4.